The molecule has 3 heteroatoms. The minimum absolute atomic E-state index is 0.142. The van der Waals surface area contributed by atoms with Crippen LogP contribution in [0.2, 0.25) is 0 Å². The molecule has 3 nitrogen and oxygen atoms in total. The molecule has 0 N–H and O–H groups in total. The summed E-state index contributed by atoms with van der Waals surface area (Å²) in [6.45, 7) is 6.48. The summed E-state index contributed by atoms with van der Waals surface area (Å²) < 4.78 is 10.8. The van der Waals surface area contributed by atoms with Gasteiger partial charge in [0.2, 0.25) is 0 Å². The van der Waals surface area contributed by atoms with Crippen molar-refractivity contribution in [1.82, 2.24) is 4.98 Å². The Bertz CT molecular complexity index is 261. The maximum absolute atomic E-state index is 5.51. The molecule has 0 unspecified atom stereocenters. The molecule has 0 aliphatic carbocycles. The van der Waals surface area contributed by atoms with Crippen LogP contribution in [0, 0.1) is 0 Å². The number of hydrogen-bond acceptors (Lipinski definition) is 3. The number of aromatic nitrogens is 1. The first-order valence-corrected chi connectivity index (χ1v) is 4.48. The van der Waals surface area contributed by atoms with Crippen molar-refractivity contribution in [3.63, 3.8) is 0 Å². The predicted octanol–water partition coefficient (Wildman–Crippen LogP) is 2.27. The molecule has 72 valence electrons. The Labute approximate surface area is 78.7 Å². The maximum Gasteiger partial charge on any atom is 0.256 e. The standard InChI is InChI=1S/C10H15NO2/c1-4-12-10-9(13-8(2)3)6-5-7-11-10/h5-8H,4H2,1-3H3. The Hall–Kier alpha value is -1.25. The van der Waals surface area contributed by atoms with E-state index in [1.807, 2.05) is 32.9 Å². The van der Waals surface area contributed by atoms with Gasteiger partial charge in [0.15, 0.2) is 5.75 Å². The predicted molar refractivity (Wildman–Crippen MR) is 51.2 cm³/mol. The smallest absolute Gasteiger partial charge is 0.256 e. The molecule has 0 saturated carbocycles. The highest BCUT2D eigenvalue weighted by atomic mass is 16.5. The van der Waals surface area contributed by atoms with Gasteiger partial charge in [-0.3, -0.25) is 0 Å². The molecule has 0 bridgehead atoms. The quantitative estimate of drug-likeness (QED) is 0.714. The van der Waals surface area contributed by atoms with Crippen LogP contribution in [0.4, 0.5) is 0 Å². The highest BCUT2D eigenvalue weighted by Gasteiger charge is 2.05. The molecule has 0 aliphatic heterocycles. The highest BCUT2D eigenvalue weighted by Crippen LogP contribution is 2.24. The van der Waals surface area contributed by atoms with Gasteiger partial charge in [-0.25, -0.2) is 4.98 Å². The van der Waals surface area contributed by atoms with E-state index < -0.39 is 0 Å². The van der Waals surface area contributed by atoms with Gasteiger partial charge >= 0.3 is 0 Å². The van der Waals surface area contributed by atoms with Gasteiger partial charge in [-0.15, -0.1) is 0 Å². The van der Waals surface area contributed by atoms with Gasteiger partial charge in [0, 0.05) is 6.20 Å². The molecule has 1 aromatic heterocycles. The summed E-state index contributed by atoms with van der Waals surface area (Å²) in [7, 11) is 0. The van der Waals surface area contributed by atoms with Crippen LogP contribution in [0.5, 0.6) is 11.6 Å². The Balaban J connectivity index is 2.78. The van der Waals surface area contributed by atoms with Gasteiger partial charge in [0.05, 0.1) is 12.7 Å². The van der Waals surface area contributed by atoms with Crippen LogP contribution in [0.1, 0.15) is 20.8 Å². The number of rotatable bonds is 4. The van der Waals surface area contributed by atoms with Gasteiger partial charge < -0.3 is 9.47 Å². The lowest BCUT2D eigenvalue weighted by atomic mass is 10.4. The molecule has 0 amide bonds. The minimum atomic E-state index is 0.142. The second kappa shape index (κ2) is 4.70. The molecule has 0 fully saturated rings. The molecule has 0 atom stereocenters. The summed E-state index contributed by atoms with van der Waals surface area (Å²) in [5, 5.41) is 0. The van der Waals surface area contributed by atoms with E-state index in [-0.39, 0.29) is 6.10 Å². The molecule has 1 aromatic rings. The van der Waals surface area contributed by atoms with E-state index in [1.54, 1.807) is 6.20 Å². The first-order chi connectivity index (χ1) is 6.24. The number of ether oxygens (including phenoxy) is 2. The van der Waals surface area contributed by atoms with Crippen molar-refractivity contribution in [3.8, 4) is 11.6 Å². The molecule has 1 rings (SSSR count). The fraction of sp³-hybridized carbons (Fsp3) is 0.500. The lowest BCUT2D eigenvalue weighted by Gasteiger charge is -2.12. The summed E-state index contributed by atoms with van der Waals surface area (Å²) in [5.41, 5.74) is 0. The number of hydrogen-bond donors (Lipinski definition) is 0. The van der Waals surface area contributed by atoms with Gasteiger partial charge in [0.25, 0.3) is 5.88 Å². The third-order valence-electron chi connectivity index (χ3n) is 1.38. The topological polar surface area (TPSA) is 31.4 Å². The summed E-state index contributed by atoms with van der Waals surface area (Å²) in [6.07, 6.45) is 1.83. The molecule has 13 heavy (non-hydrogen) atoms. The van der Waals surface area contributed by atoms with E-state index in [0.717, 1.165) is 0 Å². The SMILES string of the molecule is CCOc1ncccc1OC(C)C. The Morgan fingerprint density at radius 1 is 1.46 bits per heavy atom. The van der Waals surface area contributed by atoms with E-state index in [9.17, 15) is 0 Å². The lowest BCUT2D eigenvalue weighted by Crippen LogP contribution is -2.07. The van der Waals surface area contributed by atoms with Crippen molar-refractivity contribution in [3.05, 3.63) is 18.3 Å². The van der Waals surface area contributed by atoms with Gasteiger partial charge in [-0.1, -0.05) is 0 Å². The van der Waals surface area contributed by atoms with Crippen molar-refractivity contribution in [2.24, 2.45) is 0 Å². The third kappa shape index (κ3) is 2.93. The van der Waals surface area contributed by atoms with Gasteiger partial charge in [-0.05, 0) is 32.9 Å². The summed E-state index contributed by atoms with van der Waals surface area (Å²) in [4.78, 5) is 4.07. The third-order valence-corrected chi connectivity index (χ3v) is 1.38. The zero-order valence-electron chi connectivity index (χ0n) is 8.28. The summed E-state index contributed by atoms with van der Waals surface area (Å²) >= 11 is 0. The Morgan fingerprint density at radius 3 is 2.85 bits per heavy atom. The minimum Gasteiger partial charge on any atom is -0.485 e. The van der Waals surface area contributed by atoms with E-state index >= 15 is 0 Å². The maximum atomic E-state index is 5.51. The van der Waals surface area contributed by atoms with E-state index in [2.05, 4.69) is 4.98 Å². The summed E-state index contributed by atoms with van der Waals surface area (Å²) in [6, 6.07) is 3.69. The first-order valence-electron chi connectivity index (χ1n) is 4.48. The summed E-state index contributed by atoms with van der Waals surface area (Å²) in [5.74, 6) is 1.28. The van der Waals surface area contributed by atoms with Gasteiger partial charge in [0.1, 0.15) is 0 Å². The van der Waals surface area contributed by atoms with Crippen molar-refractivity contribution < 1.29 is 9.47 Å². The average Bonchev–Trinajstić information content (AvgIpc) is 2.08. The van der Waals surface area contributed by atoms with E-state index in [1.165, 1.54) is 0 Å². The second-order valence-corrected chi connectivity index (χ2v) is 2.91. The second-order valence-electron chi connectivity index (χ2n) is 2.91. The molecule has 1 heterocycles. The zero-order valence-corrected chi connectivity index (χ0v) is 8.28. The molecule has 0 radical (unpaired) electrons. The largest absolute Gasteiger partial charge is 0.485 e. The molecule has 0 aliphatic rings. The van der Waals surface area contributed by atoms with Crippen molar-refractivity contribution in [2.45, 2.75) is 26.9 Å². The molecule has 0 spiro atoms. The lowest BCUT2D eigenvalue weighted by molar-refractivity contribution is 0.219. The highest BCUT2D eigenvalue weighted by molar-refractivity contribution is 5.32. The van der Waals surface area contributed by atoms with Crippen molar-refractivity contribution in [2.75, 3.05) is 6.61 Å². The monoisotopic (exact) mass is 181 g/mol. The zero-order chi connectivity index (χ0) is 9.68. The van der Waals surface area contributed by atoms with Crippen LogP contribution in [-0.2, 0) is 0 Å². The number of pyridine rings is 1. The molecular formula is C10H15NO2. The van der Waals surface area contributed by atoms with Crippen LogP contribution < -0.4 is 9.47 Å². The Morgan fingerprint density at radius 2 is 2.23 bits per heavy atom. The Kier molecular flexibility index (Phi) is 3.55. The first kappa shape index (κ1) is 9.84. The van der Waals surface area contributed by atoms with Crippen LogP contribution in [0.25, 0.3) is 0 Å². The fourth-order valence-electron chi connectivity index (χ4n) is 0.965. The average molecular weight is 181 g/mol. The normalized spacial score (nSPS) is 10.2. The molecule has 0 aromatic carbocycles. The van der Waals surface area contributed by atoms with Crippen LogP contribution >= 0.6 is 0 Å². The van der Waals surface area contributed by atoms with E-state index in [0.29, 0.717) is 18.2 Å². The van der Waals surface area contributed by atoms with E-state index in [4.69, 9.17) is 9.47 Å². The fourth-order valence-corrected chi connectivity index (χ4v) is 0.965. The van der Waals surface area contributed by atoms with Crippen LogP contribution in [0.3, 0.4) is 0 Å². The number of nitrogens with zero attached hydrogens (tertiary/aromatic N) is 1. The molecule has 0 saturated heterocycles. The van der Waals surface area contributed by atoms with Crippen LogP contribution in [-0.4, -0.2) is 17.7 Å². The van der Waals surface area contributed by atoms with Crippen molar-refractivity contribution >= 4 is 0 Å². The van der Waals surface area contributed by atoms with Crippen LogP contribution in [0.15, 0.2) is 18.3 Å². The van der Waals surface area contributed by atoms with Crippen molar-refractivity contribution in [1.29, 1.82) is 0 Å². The van der Waals surface area contributed by atoms with Gasteiger partial charge in [-0.2, -0.15) is 0 Å². The molecular weight excluding hydrogens is 166 g/mol.